The Morgan fingerprint density at radius 2 is 1.80 bits per heavy atom. The van der Waals surface area contributed by atoms with Gasteiger partial charge in [0.15, 0.2) is 0 Å². The Morgan fingerprint density at radius 1 is 1.27 bits per heavy atom. The third-order valence-electron chi connectivity index (χ3n) is 3.74. The van der Waals surface area contributed by atoms with Crippen molar-refractivity contribution < 1.29 is 14.4 Å². The van der Waals surface area contributed by atoms with Crippen molar-refractivity contribution in [3.05, 3.63) is 0 Å². The maximum Gasteiger partial charge on any atom is 0.136 e. The molecule has 84 valence electrons. The average Bonchev–Trinajstić information content (AvgIpc) is 2.18. The Kier molecular flexibility index (Phi) is 3.77. The van der Waals surface area contributed by atoms with Gasteiger partial charge in [-0.15, -0.1) is 0 Å². The molecule has 0 aromatic rings. The largest absolute Gasteiger partial charge is 0.303 e. The lowest BCUT2D eigenvalue weighted by atomic mass is 9.66. The van der Waals surface area contributed by atoms with E-state index in [1.165, 1.54) is 0 Å². The number of ketones is 2. The minimum absolute atomic E-state index is 0.0941. The molecule has 0 aromatic carbocycles. The van der Waals surface area contributed by atoms with E-state index < -0.39 is 5.41 Å². The zero-order valence-electron chi connectivity index (χ0n) is 9.41. The highest BCUT2D eigenvalue weighted by molar-refractivity contribution is 5.85. The summed E-state index contributed by atoms with van der Waals surface area (Å²) in [6.45, 7) is 3.16. The van der Waals surface area contributed by atoms with Crippen LogP contribution in [-0.4, -0.2) is 17.9 Å². The van der Waals surface area contributed by atoms with Crippen LogP contribution in [0.3, 0.4) is 0 Å². The van der Waals surface area contributed by atoms with Crippen LogP contribution in [0, 0.1) is 11.3 Å². The quantitative estimate of drug-likeness (QED) is 0.666. The molecule has 3 nitrogen and oxygen atoms in total. The van der Waals surface area contributed by atoms with Gasteiger partial charge in [-0.25, -0.2) is 0 Å². The van der Waals surface area contributed by atoms with Crippen molar-refractivity contribution in [2.45, 2.75) is 46.0 Å². The van der Waals surface area contributed by atoms with Gasteiger partial charge >= 0.3 is 0 Å². The summed E-state index contributed by atoms with van der Waals surface area (Å²) in [5.41, 5.74) is -0.465. The van der Waals surface area contributed by atoms with E-state index in [9.17, 15) is 14.4 Å². The van der Waals surface area contributed by atoms with Gasteiger partial charge in [-0.2, -0.15) is 0 Å². The van der Waals surface area contributed by atoms with E-state index in [0.29, 0.717) is 19.3 Å². The number of Topliss-reactive ketones (excluding diaryl/α,β-unsaturated/α-hetero) is 2. The molecule has 1 rings (SSSR count). The minimum Gasteiger partial charge on any atom is -0.303 e. The summed E-state index contributed by atoms with van der Waals surface area (Å²) in [7, 11) is 0. The Morgan fingerprint density at radius 3 is 2.13 bits per heavy atom. The number of rotatable bonds is 4. The minimum atomic E-state index is -0.465. The molecule has 1 aliphatic rings. The molecule has 15 heavy (non-hydrogen) atoms. The van der Waals surface area contributed by atoms with Crippen LogP contribution in [0.1, 0.15) is 46.0 Å². The molecule has 0 heterocycles. The third kappa shape index (κ3) is 2.52. The molecule has 1 aliphatic carbocycles. The van der Waals surface area contributed by atoms with Gasteiger partial charge in [0.25, 0.3) is 0 Å². The van der Waals surface area contributed by atoms with E-state index in [2.05, 4.69) is 0 Å². The van der Waals surface area contributed by atoms with Crippen LogP contribution in [0.2, 0.25) is 0 Å². The number of aldehydes is 1. The monoisotopic (exact) mass is 210 g/mol. The maximum absolute atomic E-state index is 11.5. The van der Waals surface area contributed by atoms with Crippen molar-refractivity contribution in [2.24, 2.45) is 11.3 Å². The summed E-state index contributed by atoms with van der Waals surface area (Å²) in [4.78, 5) is 33.3. The van der Waals surface area contributed by atoms with Crippen molar-refractivity contribution in [1.29, 1.82) is 0 Å². The van der Waals surface area contributed by atoms with E-state index in [1.54, 1.807) is 13.8 Å². The van der Waals surface area contributed by atoms with Crippen LogP contribution in [0.4, 0.5) is 0 Å². The third-order valence-corrected chi connectivity index (χ3v) is 3.74. The summed E-state index contributed by atoms with van der Waals surface area (Å²) in [6.07, 6.45) is 4.02. The Labute approximate surface area is 90.2 Å². The molecular formula is C12H18O3. The molecule has 0 radical (unpaired) electrons. The molecule has 0 aromatic heterocycles. The van der Waals surface area contributed by atoms with Crippen LogP contribution in [0.5, 0.6) is 0 Å². The Bertz CT molecular complexity index is 273. The summed E-state index contributed by atoms with van der Waals surface area (Å²) >= 11 is 0. The normalized spacial score (nSPS) is 30.9. The van der Waals surface area contributed by atoms with E-state index in [0.717, 1.165) is 19.1 Å². The smallest absolute Gasteiger partial charge is 0.136 e. The Balaban J connectivity index is 2.69. The molecule has 0 atom stereocenters. The standard InChI is InChI=1S/C12H18O3/c1-9(14)11-3-5-12(6-4-11,7-8-13)10(2)15/h8,11H,3-7H2,1-2H3. The van der Waals surface area contributed by atoms with E-state index in [-0.39, 0.29) is 17.5 Å². The molecule has 0 unspecified atom stereocenters. The van der Waals surface area contributed by atoms with Crippen LogP contribution in [-0.2, 0) is 14.4 Å². The van der Waals surface area contributed by atoms with Gasteiger partial charge in [0.2, 0.25) is 0 Å². The predicted octanol–water partition coefficient (Wildman–Crippen LogP) is 1.93. The number of carbonyl (C=O) groups excluding carboxylic acids is 3. The van der Waals surface area contributed by atoms with E-state index >= 15 is 0 Å². The van der Waals surface area contributed by atoms with Crippen LogP contribution >= 0.6 is 0 Å². The summed E-state index contributed by atoms with van der Waals surface area (Å²) in [5.74, 6) is 0.402. The highest BCUT2D eigenvalue weighted by Crippen LogP contribution is 2.42. The molecular weight excluding hydrogens is 192 g/mol. The van der Waals surface area contributed by atoms with Gasteiger partial charge in [-0.05, 0) is 39.5 Å². The van der Waals surface area contributed by atoms with Crippen molar-refractivity contribution in [3.8, 4) is 0 Å². The summed E-state index contributed by atoms with van der Waals surface area (Å²) < 4.78 is 0. The predicted molar refractivity (Wildman–Crippen MR) is 56.4 cm³/mol. The molecule has 0 bridgehead atoms. The Hall–Kier alpha value is -0.990. The van der Waals surface area contributed by atoms with Crippen molar-refractivity contribution in [1.82, 2.24) is 0 Å². The number of hydrogen-bond donors (Lipinski definition) is 0. The van der Waals surface area contributed by atoms with Crippen LogP contribution < -0.4 is 0 Å². The summed E-state index contributed by atoms with van der Waals surface area (Å²) in [6, 6.07) is 0. The molecule has 1 fully saturated rings. The second kappa shape index (κ2) is 4.69. The fourth-order valence-corrected chi connectivity index (χ4v) is 2.44. The van der Waals surface area contributed by atoms with Crippen molar-refractivity contribution in [2.75, 3.05) is 0 Å². The average molecular weight is 210 g/mol. The van der Waals surface area contributed by atoms with Crippen molar-refractivity contribution in [3.63, 3.8) is 0 Å². The maximum atomic E-state index is 11.5. The van der Waals surface area contributed by atoms with Gasteiger partial charge in [-0.3, -0.25) is 9.59 Å². The first-order valence-electron chi connectivity index (χ1n) is 5.47. The lowest BCUT2D eigenvalue weighted by Crippen LogP contribution is -2.35. The van der Waals surface area contributed by atoms with Gasteiger partial charge in [0.1, 0.15) is 17.9 Å². The zero-order chi connectivity index (χ0) is 11.5. The zero-order valence-corrected chi connectivity index (χ0v) is 9.41. The molecule has 3 heteroatoms. The molecule has 0 aliphatic heterocycles. The van der Waals surface area contributed by atoms with Crippen molar-refractivity contribution >= 4 is 17.9 Å². The van der Waals surface area contributed by atoms with Gasteiger partial charge in [0, 0.05) is 17.8 Å². The fraction of sp³-hybridized carbons (Fsp3) is 0.750. The second-order valence-corrected chi connectivity index (χ2v) is 4.59. The van der Waals surface area contributed by atoms with E-state index in [1.807, 2.05) is 0 Å². The van der Waals surface area contributed by atoms with Gasteiger partial charge in [0.05, 0.1) is 0 Å². The number of hydrogen-bond acceptors (Lipinski definition) is 3. The van der Waals surface area contributed by atoms with Gasteiger partial charge < -0.3 is 4.79 Å². The second-order valence-electron chi connectivity index (χ2n) is 4.59. The first-order chi connectivity index (χ1) is 7.02. The fourth-order valence-electron chi connectivity index (χ4n) is 2.44. The molecule has 0 amide bonds. The van der Waals surface area contributed by atoms with E-state index in [4.69, 9.17) is 0 Å². The SMILES string of the molecule is CC(=O)C1CCC(CC=O)(C(C)=O)CC1. The lowest BCUT2D eigenvalue weighted by Gasteiger charge is -2.36. The summed E-state index contributed by atoms with van der Waals surface area (Å²) in [5, 5.41) is 0. The van der Waals surface area contributed by atoms with Gasteiger partial charge in [-0.1, -0.05) is 0 Å². The highest BCUT2D eigenvalue weighted by Gasteiger charge is 2.39. The first kappa shape index (κ1) is 12.1. The van der Waals surface area contributed by atoms with Crippen LogP contribution in [0.15, 0.2) is 0 Å². The molecule has 0 N–H and O–H groups in total. The highest BCUT2D eigenvalue weighted by atomic mass is 16.1. The topological polar surface area (TPSA) is 51.2 Å². The van der Waals surface area contributed by atoms with Crippen LogP contribution in [0.25, 0.3) is 0 Å². The molecule has 0 spiro atoms. The molecule has 1 saturated carbocycles. The molecule has 0 saturated heterocycles. The number of carbonyl (C=O) groups is 3. The lowest BCUT2D eigenvalue weighted by molar-refractivity contribution is -0.134. The first-order valence-corrected chi connectivity index (χ1v) is 5.47.